The van der Waals surface area contributed by atoms with Gasteiger partial charge in [0.15, 0.2) is 0 Å². The Morgan fingerprint density at radius 3 is 2.56 bits per heavy atom. The van der Waals surface area contributed by atoms with Crippen LogP contribution >= 0.6 is 11.8 Å². The van der Waals surface area contributed by atoms with Crippen LogP contribution in [0.1, 0.15) is 24.2 Å². The molecule has 0 aromatic heterocycles. The minimum absolute atomic E-state index is 0.293. The summed E-state index contributed by atoms with van der Waals surface area (Å²) < 4.78 is 0. The highest BCUT2D eigenvalue weighted by molar-refractivity contribution is 8.00. The normalized spacial score (nSPS) is 24.0. The Morgan fingerprint density at radius 2 is 2.00 bits per heavy atom. The molecule has 1 aliphatic heterocycles. The predicted molar refractivity (Wildman–Crippen MR) is 76.5 cm³/mol. The van der Waals surface area contributed by atoms with Gasteiger partial charge in [-0.1, -0.05) is 19.9 Å². The number of nitrogens with zero attached hydrogens (tertiary/aromatic N) is 1. The largest absolute Gasteiger partial charge is 0.478 e. The second-order valence-corrected chi connectivity index (χ2v) is 6.59. The molecule has 4 nitrogen and oxygen atoms in total. The van der Waals surface area contributed by atoms with Crippen LogP contribution in [0, 0.1) is 0 Å². The number of hydrogen-bond acceptors (Lipinski definition) is 4. The second kappa shape index (κ2) is 5.10. The number of aromatic carboxylic acids is 1. The molecular weight excluding hydrogens is 248 g/mol. The molecule has 1 saturated heterocycles. The Hall–Kier alpha value is -1.36. The topological polar surface area (TPSA) is 66.6 Å². The van der Waals surface area contributed by atoms with Crippen LogP contribution in [-0.2, 0) is 0 Å². The van der Waals surface area contributed by atoms with E-state index < -0.39 is 5.97 Å². The van der Waals surface area contributed by atoms with Crippen molar-refractivity contribution in [2.75, 3.05) is 23.7 Å². The quantitative estimate of drug-likeness (QED) is 0.804. The molecule has 0 aliphatic carbocycles. The minimum atomic E-state index is -0.921. The summed E-state index contributed by atoms with van der Waals surface area (Å²) in [5.41, 5.74) is 7.48. The molecule has 1 fully saturated rings. The van der Waals surface area contributed by atoms with Crippen molar-refractivity contribution >= 4 is 29.1 Å². The van der Waals surface area contributed by atoms with Crippen molar-refractivity contribution in [2.45, 2.75) is 24.3 Å². The van der Waals surface area contributed by atoms with Gasteiger partial charge in [0.2, 0.25) is 0 Å². The molecule has 1 aromatic rings. The van der Waals surface area contributed by atoms with Crippen LogP contribution in [0.5, 0.6) is 0 Å². The van der Waals surface area contributed by atoms with E-state index >= 15 is 0 Å². The average Bonchev–Trinajstić information content (AvgIpc) is 2.26. The van der Waals surface area contributed by atoms with Gasteiger partial charge in [0.25, 0.3) is 0 Å². The van der Waals surface area contributed by atoms with E-state index in [-0.39, 0.29) is 0 Å². The number of carboxylic acids is 1. The van der Waals surface area contributed by atoms with E-state index in [1.54, 1.807) is 18.2 Å². The Morgan fingerprint density at radius 1 is 1.39 bits per heavy atom. The summed E-state index contributed by atoms with van der Waals surface area (Å²) in [6.45, 7) is 5.99. The standard InChI is InChI=1S/C13H18N2O2S/c1-8-6-15(7-9(2)18-8)12-10(13(16)17)4-3-5-11(12)14/h3-5,8-9H,6-7,14H2,1-2H3,(H,16,17). The lowest BCUT2D eigenvalue weighted by Gasteiger charge is -2.37. The third-order valence-corrected chi connectivity index (χ3v) is 4.26. The Bertz CT molecular complexity index is 454. The smallest absolute Gasteiger partial charge is 0.337 e. The fourth-order valence-corrected chi connectivity index (χ4v) is 3.77. The molecule has 1 aliphatic rings. The maximum Gasteiger partial charge on any atom is 0.337 e. The monoisotopic (exact) mass is 266 g/mol. The number of carboxylic acid groups (broad SMARTS) is 1. The lowest BCUT2D eigenvalue weighted by atomic mass is 10.1. The average molecular weight is 266 g/mol. The summed E-state index contributed by atoms with van der Waals surface area (Å²) >= 11 is 1.93. The zero-order valence-electron chi connectivity index (χ0n) is 10.6. The maximum absolute atomic E-state index is 11.3. The Kier molecular flexibility index (Phi) is 3.71. The third kappa shape index (κ3) is 2.56. The molecule has 2 atom stereocenters. The molecule has 0 radical (unpaired) electrons. The van der Waals surface area contributed by atoms with Crippen molar-refractivity contribution in [3.8, 4) is 0 Å². The summed E-state index contributed by atoms with van der Waals surface area (Å²) in [6.07, 6.45) is 0. The summed E-state index contributed by atoms with van der Waals surface area (Å²) in [4.78, 5) is 13.4. The van der Waals surface area contributed by atoms with E-state index in [1.165, 1.54) is 0 Å². The Balaban J connectivity index is 2.40. The van der Waals surface area contributed by atoms with Crippen LogP contribution in [0.15, 0.2) is 18.2 Å². The zero-order valence-corrected chi connectivity index (χ0v) is 11.4. The first-order chi connectivity index (χ1) is 8.49. The number of rotatable bonds is 2. The molecule has 98 valence electrons. The van der Waals surface area contributed by atoms with Gasteiger partial charge < -0.3 is 15.7 Å². The number of hydrogen-bond donors (Lipinski definition) is 2. The SMILES string of the molecule is CC1CN(c2c(N)cccc2C(=O)O)CC(C)S1. The van der Waals surface area contributed by atoms with Gasteiger partial charge in [0, 0.05) is 23.6 Å². The molecule has 1 aromatic carbocycles. The predicted octanol–water partition coefficient (Wildman–Crippen LogP) is 2.30. The summed E-state index contributed by atoms with van der Waals surface area (Å²) in [5, 5.41) is 10.2. The first-order valence-electron chi connectivity index (χ1n) is 6.01. The number of carbonyl (C=O) groups is 1. The van der Waals surface area contributed by atoms with Gasteiger partial charge in [0.1, 0.15) is 0 Å². The second-order valence-electron chi connectivity index (χ2n) is 4.71. The summed E-state index contributed by atoms with van der Waals surface area (Å²) in [6, 6.07) is 5.07. The number of anilines is 2. The highest BCUT2D eigenvalue weighted by Gasteiger charge is 2.26. The van der Waals surface area contributed by atoms with Crippen molar-refractivity contribution in [2.24, 2.45) is 0 Å². The van der Waals surface area contributed by atoms with E-state index in [4.69, 9.17) is 5.73 Å². The molecule has 0 spiro atoms. The molecule has 2 unspecified atom stereocenters. The first-order valence-corrected chi connectivity index (χ1v) is 6.95. The molecule has 2 rings (SSSR count). The minimum Gasteiger partial charge on any atom is -0.478 e. The zero-order chi connectivity index (χ0) is 13.3. The van der Waals surface area contributed by atoms with E-state index in [2.05, 4.69) is 18.7 Å². The number of nitrogens with two attached hydrogens (primary N) is 1. The number of benzene rings is 1. The molecule has 0 saturated carbocycles. The van der Waals surface area contributed by atoms with E-state index in [1.807, 2.05) is 11.8 Å². The van der Waals surface area contributed by atoms with Gasteiger partial charge in [-0.15, -0.1) is 0 Å². The fraction of sp³-hybridized carbons (Fsp3) is 0.462. The maximum atomic E-state index is 11.3. The molecule has 5 heteroatoms. The van der Waals surface area contributed by atoms with Crippen LogP contribution < -0.4 is 10.6 Å². The van der Waals surface area contributed by atoms with Crippen LogP contribution in [0.25, 0.3) is 0 Å². The van der Waals surface area contributed by atoms with Gasteiger partial charge in [-0.3, -0.25) is 0 Å². The highest BCUT2D eigenvalue weighted by atomic mass is 32.2. The molecule has 1 heterocycles. The highest BCUT2D eigenvalue weighted by Crippen LogP contribution is 2.34. The van der Waals surface area contributed by atoms with Crippen molar-refractivity contribution in [1.29, 1.82) is 0 Å². The number of nitrogen functional groups attached to an aromatic ring is 1. The van der Waals surface area contributed by atoms with E-state index in [0.717, 1.165) is 13.1 Å². The van der Waals surface area contributed by atoms with Gasteiger partial charge in [-0.25, -0.2) is 4.79 Å². The van der Waals surface area contributed by atoms with Gasteiger partial charge in [-0.2, -0.15) is 11.8 Å². The first kappa shape index (κ1) is 13.1. The van der Waals surface area contributed by atoms with Gasteiger partial charge >= 0.3 is 5.97 Å². The van der Waals surface area contributed by atoms with Crippen LogP contribution in [0.3, 0.4) is 0 Å². The molecule has 0 amide bonds. The fourth-order valence-electron chi connectivity index (χ4n) is 2.45. The molecular formula is C13H18N2O2S. The molecule has 18 heavy (non-hydrogen) atoms. The van der Waals surface area contributed by atoms with Gasteiger partial charge in [-0.05, 0) is 12.1 Å². The molecule has 0 bridgehead atoms. The number of thioether (sulfide) groups is 1. The van der Waals surface area contributed by atoms with Gasteiger partial charge in [0.05, 0.1) is 16.9 Å². The summed E-state index contributed by atoms with van der Waals surface area (Å²) in [7, 11) is 0. The number of para-hydroxylation sites is 1. The lowest BCUT2D eigenvalue weighted by molar-refractivity contribution is 0.0697. The summed E-state index contributed by atoms with van der Waals surface area (Å²) in [5.74, 6) is -0.921. The van der Waals surface area contributed by atoms with Crippen LogP contribution in [-0.4, -0.2) is 34.7 Å². The van der Waals surface area contributed by atoms with Crippen molar-refractivity contribution < 1.29 is 9.90 Å². The van der Waals surface area contributed by atoms with Crippen molar-refractivity contribution in [3.63, 3.8) is 0 Å². The van der Waals surface area contributed by atoms with Crippen molar-refractivity contribution in [3.05, 3.63) is 23.8 Å². The third-order valence-electron chi connectivity index (χ3n) is 3.03. The Labute approximate surface area is 111 Å². The van der Waals surface area contributed by atoms with Crippen LogP contribution in [0.2, 0.25) is 0 Å². The van der Waals surface area contributed by atoms with E-state index in [0.29, 0.717) is 27.4 Å². The molecule has 3 N–H and O–H groups in total. The van der Waals surface area contributed by atoms with Crippen LogP contribution in [0.4, 0.5) is 11.4 Å². The van der Waals surface area contributed by atoms with E-state index in [9.17, 15) is 9.90 Å². The lowest BCUT2D eigenvalue weighted by Crippen LogP contribution is -2.41. The van der Waals surface area contributed by atoms with Crippen molar-refractivity contribution in [1.82, 2.24) is 0 Å².